The molecular weight excluding hydrogens is 231 g/mol. The molecule has 0 unspecified atom stereocenters. The normalized spacial score (nSPS) is 17.3. The summed E-state index contributed by atoms with van der Waals surface area (Å²) in [5.74, 6) is -0.261. The van der Waals surface area contributed by atoms with E-state index in [1.807, 2.05) is 6.92 Å². The first-order chi connectivity index (χ1) is 8.63. The Morgan fingerprint density at radius 3 is 2.72 bits per heavy atom. The Hall–Kier alpha value is -1.13. The van der Waals surface area contributed by atoms with Gasteiger partial charge in [-0.3, -0.25) is 0 Å². The van der Waals surface area contributed by atoms with Gasteiger partial charge in [0.15, 0.2) is 0 Å². The number of benzene rings is 1. The molecule has 3 nitrogen and oxygen atoms in total. The molecule has 0 heterocycles. The molecule has 0 aromatic heterocycles. The van der Waals surface area contributed by atoms with Crippen molar-refractivity contribution in [2.24, 2.45) is 5.73 Å². The SMILES string of the molecule is C[C@@H](N)c1cc(F)ccc1N(CCO)C1CCC1. The lowest BCUT2D eigenvalue weighted by atomic mass is 9.90. The average Bonchev–Trinajstić information content (AvgIpc) is 2.26. The Morgan fingerprint density at radius 1 is 1.50 bits per heavy atom. The zero-order chi connectivity index (χ0) is 13.1. The summed E-state index contributed by atoms with van der Waals surface area (Å²) in [4.78, 5) is 2.17. The van der Waals surface area contributed by atoms with Gasteiger partial charge in [0.1, 0.15) is 5.82 Å². The van der Waals surface area contributed by atoms with Gasteiger partial charge >= 0.3 is 0 Å². The molecule has 1 aromatic rings. The number of hydrogen-bond acceptors (Lipinski definition) is 3. The summed E-state index contributed by atoms with van der Waals surface area (Å²) < 4.78 is 13.3. The minimum absolute atomic E-state index is 0.103. The van der Waals surface area contributed by atoms with Crippen molar-refractivity contribution in [3.63, 3.8) is 0 Å². The molecule has 1 aliphatic carbocycles. The number of nitrogens with two attached hydrogens (primary N) is 1. The monoisotopic (exact) mass is 252 g/mol. The van der Waals surface area contributed by atoms with E-state index in [1.54, 1.807) is 6.07 Å². The van der Waals surface area contributed by atoms with Gasteiger partial charge in [-0.1, -0.05) is 0 Å². The van der Waals surface area contributed by atoms with E-state index in [4.69, 9.17) is 5.73 Å². The molecule has 1 aromatic carbocycles. The van der Waals surface area contributed by atoms with Gasteiger partial charge in [0.05, 0.1) is 6.61 Å². The van der Waals surface area contributed by atoms with Crippen molar-refractivity contribution in [3.8, 4) is 0 Å². The first-order valence-corrected chi connectivity index (χ1v) is 6.56. The molecule has 0 saturated heterocycles. The van der Waals surface area contributed by atoms with E-state index in [9.17, 15) is 9.50 Å². The molecule has 1 fully saturated rings. The van der Waals surface area contributed by atoms with Crippen molar-refractivity contribution in [2.75, 3.05) is 18.1 Å². The number of aliphatic hydroxyl groups is 1. The van der Waals surface area contributed by atoms with Crippen LogP contribution >= 0.6 is 0 Å². The molecular formula is C14H21FN2O. The quantitative estimate of drug-likeness (QED) is 0.844. The first kappa shape index (κ1) is 13.3. The minimum atomic E-state index is -0.261. The van der Waals surface area contributed by atoms with Gasteiger partial charge in [-0.2, -0.15) is 0 Å². The molecule has 0 aliphatic heterocycles. The predicted molar refractivity (Wildman–Crippen MR) is 71.1 cm³/mol. The van der Waals surface area contributed by atoms with E-state index in [0.717, 1.165) is 24.1 Å². The lowest BCUT2D eigenvalue weighted by molar-refractivity contribution is 0.283. The third-order valence-electron chi connectivity index (χ3n) is 3.65. The average molecular weight is 252 g/mol. The van der Waals surface area contributed by atoms with E-state index in [0.29, 0.717) is 12.6 Å². The van der Waals surface area contributed by atoms with Crippen molar-refractivity contribution in [1.82, 2.24) is 0 Å². The van der Waals surface area contributed by atoms with Crippen LogP contribution in [0.4, 0.5) is 10.1 Å². The van der Waals surface area contributed by atoms with Gasteiger partial charge < -0.3 is 15.7 Å². The second-order valence-corrected chi connectivity index (χ2v) is 4.99. The third-order valence-corrected chi connectivity index (χ3v) is 3.65. The number of hydrogen-bond donors (Lipinski definition) is 2. The van der Waals surface area contributed by atoms with E-state index >= 15 is 0 Å². The van der Waals surface area contributed by atoms with Crippen LogP contribution in [0.5, 0.6) is 0 Å². The maximum absolute atomic E-state index is 13.3. The number of anilines is 1. The number of aliphatic hydroxyl groups excluding tert-OH is 1. The summed E-state index contributed by atoms with van der Waals surface area (Å²) in [6.45, 7) is 2.54. The number of halogens is 1. The zero-order valence-electron chi connectivity index (χ0n) is 10.8. The van der Waals surface area contributed by atoms with Crippen LogP contribution in [0.25, 0.3) is 0 Å². The molecule has 2 rings (SSSR count). The van der Waals surface area contributed by atoms with Gasteiger partial charge in [-0.25, -0.2) is 4.39 Å². The highest BCUT2D eigenvalue weighted by Crippen LogP contribution is 2.33. The Balaban J connectivity index is 2.33. The lowest BCUT2D eigenvalue weighted by Crippen LogP contribution is -2.42. The molecule has 0 spiro atoms. The van der Waals surface area contributed by atoms with Crippen LogP contribution in [-0.2, 0) is 0 Å². The van der Waals surface area contributed by atoms with Gasteiger partial charge in [-0.05, 0) is 49.9 Å². The summed E-state index contributed by atoms with van der Waals surface area (Å²) >= 11 is 0. The van der Waals surface area contributed by atoms with Crippen LogP contribution in [0, 0.1) is 5.82 Å². The van der Waals surface area contributed by atoms with Crippen LogP contribution in [-0.4, -0.2) is 24.3 Å². The zero-order valence-corrected chi connectivity index (χ0v) is 10.8. The second-order valence-electron chi connectivity index (χ2n) is 4.99. The molecule has 4 heteroatoms. The smallest absolute Gasteiger partial charge is 0.123 e. The van der Waals surface area contributed by atoms with Gasteiger partial charge in [0, 0.05) is 24.3 Å². The Morgan fingerprint density at radius 2 is 2.22 bits per heavy atom. The number of rotatable bonds is 5. The van der Waals surface area contributed by atoms with Crippen molar-refractivity contribution < 1.29 is 9.50 Å². The maximum Gasteiger partial charge on any atom is 0.123 e. The molecule has 1 atom stereocenters. The Kier molecular flexibility index (Phi) is 4.19. The standard InChI is InChI=1S/C14H21FN2O/c1-10(16)13-9-11(15)5-6-14(13)17(7-8-18)12-3-2-4-12/h5-6,9-10,12,18H,2-4,7-8,16H2,1H3/t10-/m1/s1. The molecule has 100 valence electrons. The van der Waals surface area contributed by atoms with Crippen molar-refractivity contribution in [1.29, 1.82) is 0 Å². The third kappa shape index (κ3) is 2.65. The van der Waals surface area contributed by atoms with Crippen LogP contribution in [0.1, 0.15) is 37.8 Å². The molecule has 18 heavy (non-hydrogen) atoms. The van der Waals surface area contributed by atoms with Crippen LogP contribution in [0.15, 0.2) is 18.2 Å². The molecule has 0 amide bonds. The fraction of sp³-hybridized carbons (Fsp3) is 0.571. The molecule has 1 aliphatic rings. The summed E-state index contributed by atoms with van der Waals surface area (Å²) in [5.41, 5.74) is 7.70. The van der Waals surface area contributed by atoms with Crippen LogP contribution in [0.2, 0.25) is 0 Å². The lowest BCUT2D eigenvalue weighted by Gasteiger charge is -2.40. The van der Waals surface area contributed by atoms with Gasteiger partial charge in [0.25, 0.3) is 0 Å². The highest BCUT2D eigenvalue weighted by molar-refractivity contribution is 5.56. The first-order valence-electron chi connectivity index (χ1n) is 6.56. The van der Waals surface area contributed by atoms with Crippen molar-refractivity contribution >= 4 is 5.69 Å². The highest BCUT2D eigenvalue weighted by atomic mass is 19.1. The van der Waals surface area contributed by atoms with Crippen molar-refractivity contribution in [2.45, 2.75) is 38.3 Å². The van der Waals surface area contributed by atoms with Gasteiger partial charge in [0.2, 0.25) is 0 Å². The number of nitrogens with zero attached hydrogens (tertiary/aromatic N) is 1. The highest BCUT2D eigenvalue weighted by Gasteiger charge is 2.26. The largest absolute Gasteiger partial charge is 0.395 e. The van der Waals surface area contributed by atoms with Crippen molar-refractivity contribution in [3.05, 3.63) is 29.6 Å². The predicted octanol–water partition coefficient (Wildman–Crippen LogP) is 2.20. The maximum atomic E-state index is 13.3. The fourth-order valence-electron chi connectivity index (χ4n) is 2.46. The summed E-state index contributed by atoms with van der Waals surface area (Å²) in [6, 6.07) is 4.99. The summed E-state index contributed by atoms with van der Waals surface area (Å²) in [5, 5.41) is 9.20. The minimum Gasteiger partial charge on any atom is -0.395 e. The summed E-state index contributed by atoms with van der Waals surface area (Å²) in [7, 11) is 0. The van der Waals surface area contributed by atoms with E-state index in [-0.39, 0.29) is 18.5 Å². The van der Waals surface area contributed by atoms with Crippen LogP contribution < -0.4 is 10.6 Å². The van der Waals surface area contributed by atoms with E-state index < -0.39 is 0 Å². The molecule has 0 radical (unpaired) electrons. The van der Waals surface area contributed by atoms with Crippen LogP contribution in [0.3, 0.4) is 0 Å². The molecule has 3 N–H and O–H groups in total. The fourth-order valence-corrected chi connectivity index (χ4v) is 2.46. The topological polar surface area (TPSA) is 49.5 Å². The Bertz CT molecular complexity index is 405. The van der Waals surface area contributed by atoms with E-state index in [2.05, 4.69) is 4.90 Å². The molecule has 1 saturated carbocycles. The second kappa shape index (κ2) is 5.67. The Labute approximate surface area is 107 Å². The molecule has 0 bridgehead atoms. The summed E-state index contributed by atoms with van der Waals surface area (Å²) in [6.07, 6.45) is 3.49. The van der Waals surface area contributed by atoms with Gasteiger partial charge in [-0.15, -0.1) is 0 Å². The van der Waals surface area contributed by atoms with E-state index in [1.165, 1.54) is 18.6 Å².